The van der Waals surface area contributed by atoms with Crippen molar-refractivity contribution in [2.75, 3.05) is 5.32 Å². The number of nitrogens with one attached hydrogen (secondary N) is 1. The maximum absolute atomic E-state index is 12.4. The highest BCUT2D eigenvalue weighted by Crippen LogP contribution is 2.24. The van der Waals surface area contributed by atoms with E-state index in [-0.39, 0.29) is 11.5 Å². The van der Waals surface area contributed by atoms with E-state index in [4.69, 9.17) is 9.15 Å². The Balaban J connectivity index is 1.65. The molecule has 0 aliphatic heterocycles. The van der Waals surface area contributed by atoms with Crippen LogP contribution in [-0.2, 0) is 16.6 Å². The molecule has 2 aromatic heterocycles. The van der Waals surface area contributed by atoms with Crippen molar-refractivity contribution in [1.29, 1.82) is 0 Å². The second-order valence-corrected chi connectivity index (χ2v) is 7.00. The van der Waals surface area contributed by atoms with Crippen molar-refractivity contribution in [3.05, 3.63) is 59.1 Å². The van der Waals surface area contributed by atoms with Crippen LogP contribution in [0.5, 0.6) is 0 Å². The summed E-state index contributed by atoms with van der Waals surface area (Å²) in [5.41, 5.74) is 3.37. The molecule has 156 valence electrons. The van der Waals surface area contributed by atoms with Gasteiger partial charge in [-0.05, 0) is 39.8 Å². The molecular weight excluding hydrogens is 386 g/mol. The van der Waals surface area contributed by atoms with Gasteiger partial charge in [-0.15, -0.1) is 0 Å². The van der Waals surface area contributed by atoms with Gasteiger partial charge in [-0.2, -0.15) is 5.10 Å². The van der Waals surface area contributed by atoms with Gasteiger partial charge in [0.15, 0.2) is 11.9 Å². The summed E-state index contributed by atoms with van der Waals surface area (Å²) in [7, 11) is 1.78. The predicted molar refractivity (Wildman–Crippen MR) is 110 cm³/mol. The maximum atomic E-state index is 12.4. The lowest BCUT2D eigenvalue weighted by Crippen LogP contribution is -2.30. The Bertz CT molecular complexity index is 1110. The van der Waals surface area contributed by atoms with E-state index >= 15 is 0 Å². The first-order chi connectivity index (χ1) is 14.2. The lowest BCUT2D eigenvalue weighted by Gasteiger charge is -2.13. The van der Waals surface area contributed by atoms with Gasteiger partial charge in [0.1, 0.15) is 5.76 Å². The van der Waals surface area contributed by atoms with Gasteiger partial charge in [-0.3, -0.25) is 14.3 Å². The number of ether oxygens (including phenoxy) is 1. The van der Waals surface area contributed by atoms with Crippen LogP contribution in [0.2, 0.25) is 0 Å². The van der Waals surface area contributed by atoms with Crippen LogP contribution in [0.3, 0.4) is 0 Å². The highest BCUT2D eigenvalue weighted by Gasteiger charge is 2.23. The predicted octanol–water partition coefficient (Wildman–Crippen LogP) is 3.68. The molecule has 0 unspecified atom stereocenters. The lowest BCUT2D eigenvalue weighted by molar-refractivity contribution is -0.123. The van der Waals surface area contributed by atoms with Gasteiger partial charge in [0.25, 0.3) is 5.91 Å². The van der Waals surface area contributed by atoms with Crippen LogP contribution in [0, 0.1) is 13.8 Å². The molecule has 2 heterocycles. The molecule has 0 saturated carbocycles. The van der Waals surface area contributed by atoms with Crippen molar-refractivity contribution >= 4 is 23.3 Å². The minimum Gasteiger partial charge on any atom is -0.449 e. The van der Waals surface area contributed by atoms with Crippen molar-refractivity contribution in [1.82, 2.24) is 9.78 Å². The van der Waals surface area contributed by atoms with Gasteiger partial charge in [-0.25, -0.2) is 4.79 Å². The molecule has 8 heteroatoms. The van der Waals surface area contributed by atoms with E-state index in [9.17, 15) is 14.4 Å². The van der Waals surface area contributed by atoms with Crippen molar-refractivity contribution in [2.24, 2.45) is 7.05 Å². The number of furan rings is 1. The molecule has 0 aliphatic rings. The fraction of sp³-hybridized carbons (Fsp3) is 0.273. The summed E-state index contributed by atoms with van der Waals surface area (Å²) < 4.78 is 12.5. The van der Waals surface area contributed by atoms with Crippen LogP contribution >= 0.6 is 0 Å². The first kappa shape index (κ1) is 21.0. The fourth-order valence-corrected chi connectivity index (χ4v) is 2.92. The van der Waals surface area contributed by atoms with E-state index in [1.54, 1.807) is 49.0 Å². The number of hydrogen-bond acceptors (Lipinski definition) is 6. The van der Waals surface area contributed by atoms with Gasteiger partial charge in [-0.1, -0.05) is 24.3 Å². The van der Waals surface area contributed by atoms with Gasteiger partial charge in [0.05, 0.1) is 17.1 Å². The molecule has 0 saturated heterocycles. The smallest absolute Gasteiger partial charge is 0.375 e. The summed E-state index contributed by atoms with van der Waals surface area (Å²) in [6, 6.07) is 9.96. The SMILES string of the molecule is CC(=O)c1ccc(-c2ccc(C(=O)O[C@@H](C)C(=O)Nc3c(C)nn(C)c3C)o2)cc1. The second kappa shape index (κ2) is 8.36. The monoisotopic (exact) mass is 409 g/mol. The molecule has 0 fully saturated rings. The van der Waals surface area contributed by atoms with Crippen molar-refractivity contribution in [3.8, 4) is 11.3 Å². The summed E-state index contributed by atoms with van der Waals surface area (Å²) in [6.45, 7) is 6.59. The zero-order chi connectivity index (χ0) is 22.0. The van der Waals surface area contributed by atoms with Crippen LogP contribution in [0.25, 0.3) is 11.3 Å². The third-order valence-electron chi connectivity index (χ3n) is 4.79. The Kier molecular flexibility index (Phi) is 5.86. The zero-order valence-electron chi connectivity index (χ0n) is 17.5. The number of aromatic nitrogens is 2. The number of rotatable bonds is 6. The Labute approximate surface area is 173 Å². The first-order valence-corrected chi connectivity index (χ1v) is 9.40. The van der Waals surface area contributed by atoms with E-state index < -0.39 is 18.0 Å². The first-order valence-electron chi connectivity index (χ1n) is 9.40. The number of hydrogen-bond donors (Lipinski definition) is 1. The number of aryl methyl sites for hydroxylation is 2. The average Bonchev–Trinajstić information content (AvgIpc) is 3.29. The molecule has 1 N–H and O–H groups in total. The summed E-state index contributed by atoms with van der Waals surface area (Å²) in [6.07, 6.45) is -1.03. The number of carbonyl (C=O) groups is 3. The number of ketones is 1. The Morgan fingerprint density at radius 1 is 1.10 bits per heavy atom. The zero-order valence-corrected chi connectivity index (χ0v) is 17.5. The molecule has 8 nitrogen and oxygen atoms in total. The summed E-state index contributed by atoms with van der Waals surface area (Å²) in [5, 5.41) is 6.98. The molecule has 0 radical (unpaired) electrons. The molecular formula is C22H23N3O5. The minimum absolute atomic E-state index is 0.0194. The lowest BCUT2D eigenvalue weighted by atomic mass is 10.1. The van der Waals surface area contributed by atoms with E-state index in [1.807, 2.05) is 6.92 Å². The molecule has 30 heavy (non-hydrogen) atoms. The van der Waals surface area contributed by atoms with Crippen LogP contribution in [-0.4, -0.2) is 33.5 Å². The number of Topliss-reactive ketones (excluding diaryl/α,β-unsaturated/α-hetero) is 1. The molecule has 0 aliphatic carbocycles. The minimum atomic E-state index is -1.03. The van der Waals surface area contributed by atoms with E-state index in [0.717, 1.165) is 5.69 Å². The Morgan fingerprint density at radius 2 is 1.77 bits per heavy atom. The van der Waals surface area contributed by atoms with E-state index in [0.29, 0.717) is 28.3 Å². The highest BCUT2D eigenvalue weighted by molar-refractivity contribution is 5.97. The van der Waals surface area contributed by atoms with Crippen LogP contribution in [0.4, 0.5) is 5.69 Å². The van der Waals surface area contributed by atoms with Crippen molar-refractivity contribution in [3.63, 3.8) is 0 Å². The molecule has 0 spiro atoms. The number of benzene rings is 1. The van der Waals surface area contributed by atoms with Crippen molar-refractivity contribution in [2.45, 2.75) is 33.8 Å². The number of carbonyl (C=O) groups excluding carboxylic acids is 3. The topological polar surface area (TPSA) is 103 Å². The van der Waals surface area contributed by atoms with Gasteiger partial charge < -0.3 is 14.5 Å². The molecule has 1 atom stereocenters. The van der Waals surface area contributed by atoms with Crippen LogP contribution < -0.4 is 5.32 Å². The summed E-state index contributed by atoms with van der Waals surface area (Å²) >= 11 is 0. The van der Waals surface area contributed by atoms with Crippen molar-refractivity contribution < 1.29 is 23.5 Å². The van der Waals surface area contributed by atoms with Crippen LogP contribution in [0.15, 0.2) is 40.8 Å². The Morgan fingerprint density at radius 3 is 2.33 bits per heavy atom. The number of nitrogens with zero attached hydrogens (tertiary/aromatic N) is 2. The molecule has 1 aromatic carbocycles. The average molecular weight is 409 g/mol. The third kappa shape index (κ3) is 4.32. The highest BCUT2D eigenvalue weighted by atomic mass is 16.6. The molecule has 1 amide bonds. The number of esters is 1. The largest absolute Gasteiger partial charge is 0.449 e. The number of anilines is 1. The summed E-state index contributed by atoms with van der Waals surface area (Å²) in [4.78, 5) is 36.2. The summed E-state index contributed by atoms with van der Waals surface area (Å²) in [5.74, 6) is -0.808. The quantitative estimate of drug-likeness (QED) is 0.492. The standard InChI is InChI=1S/C22H23N3O5/c1-12-20(13(2)25(5)24-12)23-21(27)15(4)29-22(28)19-11-10-18(30-19)17-8-6-16(7-9-17)14(3)26/h6-11,15H,1-5H3,(H,23,27)/t15-/m0/s1. The van der Waals surface area contributed by atoms with Crippen LogP contribution in [0.1, 0.15) is 46.1 Å². The second-order valence-electron chi connectivity index (χ2n) is 7.00. The maximum Gasteiger partial charge on any atom is 0.375 e. The molecule has 3 aromatic rings. The molecule has 0 bridgehead atoms. The normalized spacial score (nSPS) is 11.8. The van der Waals surface area contributed by atoms with Gasteiger partial charge in [0.2, 0.25) is 5.76 Å². The van der Waals surface area contributed by atoms with Gasteiger partial charge in [0, 0.05) is 18.2 Å². The van der Waals surface area contributed by atoms with E-state index in [1.165, 1.54) is 19.9 Å². The Hall–Kier alpha value is -3.68. The number of amides is 1. The fourth-order valence-electron chi connectivity index (χ4n) is 2.92. The molecule has 3 rings (SSSR count). The third-order valence-corrected chi connectivity index (χ3v) is 4.79. The van der Waals surface area contributed by atoms with Gasteiger partial charge >= 0.3 is 5.97 Å². The van der Waals surface area contributed by atoms with E-state index in [2.05, 4.69) is 10.4 Å².